The topological polar surface area (TPSA) is 41.6 Å². The Labute approximate surface area is 156 Å². The number of benzene rings is 2. The molecule has 1 amide bonds. The van der Waals surface area contributed by atoms with Crippen LogP contribution in [0.3, 0.4) is 0 Å². The van der Waals surface area contributed by atoms with Gasteiger partial charge in [-0.2, -0.15) is 0 Å². The summed E-state index contributed by atoms with van der Waals surface area (Å²) in [4.78, 5) is 15.4. The Morgan fingerprint density at radius 2 is 1.73 bits per heavy atom. The van der Waals surface area contributed by atoms with E-state index in [1.807, 2.05) is 49.4 Å². The number of carbonyl (C=O) groups is 1. The second kappa shape index (κ2) is 8.86. The Morgan fingerprint density at radius 3 is 2.42 bits per heavy atom. The molecule has 3 rings (SSSR count). The van der Waals surface area contributed by atoms with Crippen molar-refractivity contribution < 1.29 is 9.53 Å². The molecule has 0 aromatic heterocycles. The summed E-state index contributed by atoms with van der Waals surface area (Å²) in [5.74, 6) is 0.518. The van der Waals surface area contributed by atoms with Gasteiger partial charge < -0.3 is 15.0 Å². The summed E-state index contributed by atoms with van der Waals surface area (Å²) in [6, 6.07) is 18.0. The third kappa shape index (κ3) is 4.44. The highest BCUT2D eigenvalue weighted by Gasteiger charge is 2.24. The largest absolute Gasteiger partial charge is 0.496 e. The minimum absolute atomic E-state index is 0.000966. The molecule has 2 aromatic carbocycles. The van der Waals surface area contributed by atoms with Crippen molar-refractivity contribution in [2.75, 3.05) is 26.7 Å². The normalized spacial score (nSPS) is 16.8. The molecule has 26 heavy (non-hydrogen) atoms. The van der Waals surface area contributed by atoms with Crippen LogP contribution in [0.25, 0.3) is 0 Å². The number of likely N-dealkylation sites (tertiary alicyclic amines) is 1. The van der Waals surface area contributed by atoms with E-state index in [2.05, 4.69) is 22.3 Å². The zero-order chi connectivity index (χ0) is 18.4. The van der Waals surface area contributed by atoms with Gasteiger partial charge in [0.1, 0.15) is 5.75 Å². The summed E-state index contributed by atoms with van der Waals surface area (Å²) in [6.07, 6.45) is 2.49. The van der Waals surface area contributed by atoms with Gasteiger partial charge in [-0.3, -0.25) is 4.79 Å². The SMILES string of the molecule is COc1ccccc1C(C)C(=O)N[C@H](CN1CCCC1)c1ccccc1. The van der Waals surface area contributed by atoms with Gasteiger partial charge in [-0.05, 0) is 44.5 Å². The van der Waals surface area contributed by atoms with E-state index in [9.17, 15) is 4.79 Å². The number of carbonyl (C=O) groups excluding carboxylic acids is 1. The summed E-state index contributed by atoms with van der Waals surface area (Å²) in [6.45, 7) is 5.02. The number of para-hydroxylation sites is 1. The Balaban J connectivity index is 1.75. The predicted molar refractivity (Wildman–Crippen MR) is 104 cm³/mol. The van der Waals surface area contributed by atoms with Crippen LogP contribution in [0.4, 0.5) is 0 Å². The van der Waals surface area contributed by atoms with Crippen molar-refractivity contribution in [1.29, 1.82) is 0 Å². The molecule has 0 bridgehead atoms. The molecule has 1 saturated heterocycles. The lowest BCUT2D eigenvalue weighted by Gasteiger charge is -2.26. The van der Waals surface area contributed by atoms with Gasteiger partial charge in [0.05, 0.1) is 19.1 Å². The summed E-state index contributed by atoms with van der Waals surface area (Å²) < 4.78 is 5.43. The number of amides is 1. The van der Waals surface area contributed by atoms with E-state index in [1.165, 1.54) is 12.8 Å². The average molecular weight is 352 g/mol. The van der Waals surface area contributed by atoms with Crippen LogP contribution >= 0.6 is 0 Å². The Kier molecular flexibility index (Phi) is 6.29. The quantitative estimate of drug-likeness (QED) is 0.825. The standard InChI is InChI=1S/C22H28N2O2/c1-17(19-12-6-7-13-21(19)26-2)22(25)23-20(16-24-14-8-9-15-24)18-10-4-3-5-11-18/h3-7,10-13,17,20H,8-9,14-16H2,1-2H3,(H,23,25)/t17?,20-/m1/s1. The fraction of sp³-hybridized carbons (Fsp3) is 0.409. The number of ether oxygens (including phenoxy) is 1. The first kappa shape index (κ1) is 18.5. The van der Waals surface area contributed by atoms with E-state index >= 15 is 0 Å². The molecule has 2 atom stereocenters. The highest BCUT2D eigenvalue weighted by molar-refractivity contribution is 5.84. The molecule has 1 N–H and O–H groups in total. The first-order valence-corrected chi connectivity index (χ1v) is 9.39. The lowest BCUT2D eigenvalue weighted by molar-refractivity contribution is -0.123. The number of nitrogens with zero attached hydrogens (tertiary/aromatic N) is 1. The van der Waals surface area contributed by atoms with E-state index < -0.39 is 0 Å². The van der Waals surface area contributed by atoms with E-state index in [0.717, 1.165) is 36.5 Å². The molecular weight excluding hydrogens is 324 g/mol. The van der Waals surface area contributed by atoms with Crippen LogP contribution in [0.5, 0.6) is 5.75 Å². The molecule has 0 spiro atoms. The van der Waals surface area contributed by atoms with Gasteiger partial charge in [-0.15, -0.1) is 0 Å². The van der Waals surface area contributed by atoms with Gasteiger partial charge in [0.25, 0.3) is 0 Å². The number of rotatable bonds is 7. The summed E-state index contributed by atoms with van der Waals surface area (Å²) in [5.41, 5.74) is 2.07. The zero-order valence-corrected chi connectivity index (χ0v) is 15.7. The molecule has 0 radical (unpaired) electrons. The highest BCUT2D eigenvalue weighted by Crippen LogP contribution is 2.27. The average Bonchev–Trinajstić information content (AvgIpc) is 3.20. The van der Waals surface area contributed by atoms with Crippen molar-refractivity contribution in [2.24, 2.45) is 0 Å². The first-order valence-electron chi connectivity index (χ1n) is 9.39. The summed E-state index contributed by atoms with van der Waals surface area (Å²) in [7, 11) is 1.64. The number of hydrogen-bond donors (Lipinski definition) is 1. The predicted octanol–water partition coefficient (Wildman–Crippen LogP) is 3.75. The van der Waals surface area contributed by atoms with Crippen LogP contribution in [-0.2, 0) is 4.79 Å². The molecule has 0 aliphatic carbocycles. The molecule has 138 valence electrons. The second-order valence-electron chi connectivity index (χ2n) is 6.94. The third-order valence-corrected chi connectivity index (χ3v) is 5.16. The zero-order valence-electron chi connectivity index (χ0n) is 15.7. The molecule has 1 fully saturated rings. The van der Waals surface area contributed by atoms with E-state index in [1.54, 1.807) is 7.11 Å². The van der Waals surface area contributed by atoms with Crippen molar-refractivity contribution in [3.05, 3.63) is 65.7 Å². The van der Waals surface area contributed by atoms with Crippen molar-refractivity contribution in [1.82, 2.24) is 10.2 Å². The van der Waals surface area contributed by atoms with Gasteiger partial charge >= 0.3 is 0 Å². The maximum absolute atomic E-state index is 13.0. The van der Waals surface area contributed by atoms with Crippen LogP contribution in [0.1, 0.15) is 42.9 Å². The van der Waals surface area contributed by atoms with Crippen LogP contribution in [0.2, 0.25) is 0 Å². The molecular formula is C22H28N2O2. The summed E-state index contributed by atoms with van der Waals surface area (Å²) in [5, 5.41) is 3.27. The highest BCUT2D eigenvalue weighted by atomic mass is 16.5. The molecule has 4 nitrogen and oxygen atoms in total. The molecule has 1 unspecified atom stereocenters. The summed E-state index contributed by atoms with van der Waals surface area (Å²) >= 11 is 0. The van der Waals surface area contributed by atoms with Crippen LogP contribution < -0.4 is 10.1 Å². The van der Waals surface area contributed by atoms with Crippen molar-refractivity contribution in [3.63, 3.8) is 0 Å². The molecule has 2 aromatic rings. The maximum Gasteiger partial charge on any atom is 0.227 e. The Hall–Kier alpha value is -2.33. The first-order chi connectivity index (χ1) is 12.7. The Bertz CT molecular complexity index is 711. The molecule has 0 saturated carbocycles. The fourth-order valence-electron chi connectivity index (χ4n) is 3.61. The van der Waals surface area contributed by atoms with Crippen molar-refractivity contribution in [2.45, 2.75) is 31.7 Å². The minimum Gasteiger partial charge on any atom is -0.496 e. The molecule has 1 heterocycles. The monoisotopic (exact) mass is 352 g/mol. The van der Waals surface area contributed by atoms with Gasteiger partial charge in [0.15, 0.2) is 0 Å². The number of hydrogen-bond acceptors (Lipinski definition) is 3. The third-order valence-electron chi connectivity index (χ3n) is 5.16. The lowest BCUT2D eigenvalue weighted by Crippen LogP contribution is -2.38. The van der Waals surface area contributed by atoms with Crippen molar-refractivity contribution in [3.8, 4) is 5.75 Å². The van der Waals surface area contributed by atoms with Gasteiger partial charge in [-0.1, -0.05) is 48.5 Å². The number of methoxy groups -OCH3 is 1. The maximum atomic E-state index is 13.0. The van der Waals surface area contributed by atoms with E-state index in [4.69, 9.17) is 4.74 Å². The molecule has 1 aliphatic rings. The van der Waals surface area contributed by atoms with E-state index in [-0.39, 0.29) is 17.9 Å². The van der Waals surface area contributed by atoms with Crippen LogP contribution in [-0.4, -0.2) is 37.6 Å². The van der Waals surface area contributed by atoms with Crippen molar-refractivity contribution >= 4 is 5.91 Å². The van der Waals surface area contributed by atoms with E-state index in [0.29, 0.717) is 0 Å². The smallest absolute Gasteiger partial charge is 0.227 e. The molecule has 4 heteroatoms. The number of nitrogens with one attached hydrogen (secondary N) is 1. The van der Waals surface area contributed by atoms with Gasteiger partial charge in [-0.25, -0.2) is 0 Å². The Morgan fingerprint density at radius 1 is 1.08 bits per heavy atom. The van der Waals surface area contributed by atoms with Gasteiger partial charge in [0.2, 0.25) is 5.91 Å². The minimum atomic E-state index is -0.268. The molecule has 1 aliphatic heterocycles. The van der Waals surface area contributed by atoms with Crippen LogP contribution in [0.15, 0.2) is 54.6 Å². The van der Waals surface area contributed by atoms with Gasteiger partial charge in [0, 0.05) is 12.1 Å². The fourth-order valence-corrected chi connectivity index (χ4v) is 3.61. The lowest BCUT2D eigenvalue weighted by atomic mass is 9.98. The second-order valence-corrected chi connectivity index (χ2v) is 6.94. The van der Waals surface area contributed by atoms with Crippen LogP contribution in [0, 0.1) is 0 Å².